The molecule has 25 heavy (non-hydrogen) atoms. The van der Waals surface area contributed by atoms with Gasteiger partial charge in [0.15, 0.2) is 5.79 Å². The van der Waals surface area contributed by atoms with E-state index in [0.717, 1.165) is 51.4 Å². The Morgan fingerprint density at radius 2 is 1.96 bits per heavy atom. The molecule has 144 valence electrons. The molecule has 0 aromatic carbocycles. The fourth-order valence-corrected chi connectivity index (χ4v) is 4.45. The molecule has 1 saturated heterocycles. The zero-order valence-electron chi connectivity index (χ0n) is 15.5. The number of aliphatic carboxylic acids is 1. The normalized spacial score (nSPS) is 31.9. The molecule has 1 heterocycles. The van der Waals surface area contributed by atoms with Crippen LogP contribution in [0.25, 0.3) is 0 Å². The fraction of sp³-hybridized carbons (Fsp3) is 0.900. The second kappa shape index (κ2) is 9.67. The summed E-state index contributed by atoms with van der Waals surface area (Å²) in [5, 5.41) is 19.3. The molecule has 0 bridgehead atoms. The van der Waals surface area contributed by atoms with Crippen molar-refractivity contribution in [1.29, 1.82) is 0 Å². The van der Waals surface area contributed by atoms with Crippen molar-refractivity contribution in [1.82, 2.24) is 0 Å². The Labute approximate surface area is 151 Å². The van der Waals surface area contributed by atoms with Gasteiger partial charge < -0.3 is 14.9 Å². The molecule has 1 aliphatic heterocycles. The van der Waals surface area contributed by atoms with E-state index in [2.05, 4.69) is 6.92 Å². The average molecular weight is 354 g/mol. The number of Topliss-reactive ketones (excluding diaryl/α,β-unsaturated/α-hetero) is 1. The lowest BCUT2D eigenvalue weighted by molar-refractivity contribution is -0.268. The van der Waals surface area contributed by atoms with Crippen molar-refractivity contribution in [2.45, 2.75) is 102 Å². The smallest absolute Gasteiger partial charge is 0.303 e. The maximum absolute atomic E-state index is 12.4. The molecule has 0 amide bonds. The third kappa shape index (κ3) is 6.07. The van der Waals surface area contributed by atoms with Crippen LogP contribution in [0.2, 0.25) is 0 Å². The largest absolute Gasteiger partial charge is 0.481 e. The first kappa shape index (κ1) is 20.4. The van der Waals surface area contributed by atoms with Gasteiger partial charge in [0.1, 0.15) is 5.78 Å². The first-order chi connectivity index (χ1) is 11.9. The molecule has 2 aliphatic rings. The Balaban J connectivity index is 1.73. The first-order valence-electron chi connectivity index (χ1n) is 10.1. The number of carbonyl (C=O) groups excluding carboxylic acids is 1. The highest BCUT2D eigenvalue weighted by molar-refractivity contribution is 5.84. The summed E-state index contributed by atoms with van der Waals surface area (Å²) in [6.45, 7) is 2.14. The van der Waals surface area contributed by atoms with Gasteiger partial charge in [0.05, 0.1) is 6.10 Å². The van der Waals surface area contributed by atoms with Crippen LogP contribution >= 0.6 is 0 Å². The van der Waals surface area contributed by atoms with Crippen LogP contribution in [-0.4, -0.2) is 33.9 Å². The van der Waals surface area contributed by atoms with Crippen molar-refractivity contribution in [2.75, 3.05) is 0 Å². The molecule has 1 saturated carbocycles. The molecule has 0 unspecified atom stereocenters. The van der Waals surface area contributed by atoms with E-state index < -0.39 is 11.8 Å². The third-order valence-electron chi connectivity index (χ3n) is 5.88. The van der Waals surface area contributed by atoms with Gasteiger partial charge in [0, 0.05) is 31.6 Å². The topological polar surface area (TPSA) is 83.8 Å². The molecule has 0 aromatic rings. The quantitative estimate of drug-likeness (QED) is 0.547. The summed E-state index contributed by atoms with van der Waals surface area (Å²) in [7, 11) is 0. The highest BCUT2D eigenvalue weighted by atomic mass is 16.6. The van der Waals surface area contributed by atoms with Crippen molar-refractivity contribution in [2.24, 2.45) is 11.8 Å². The van der Waals surface area contributed by atoms with Gasteiger partial charge in [0.25, 0.3) is 0 Å². The van der Waals surface area contributed by atoms with Gasteiger partial charge in [-0.1, -0.05) is 39.0 Å². The summed E-state index contributed by atoms with van der Waals surface area (Å²) in [6, 6.07) is 0. The highest BCUT2D eigenvalue weighted by Crippen LogP contribution is 2.45. The van der Waals surface area contributed by atoms with E-state index in [9.17, 15) is 14.7 Å². The van der Waals surface area contributed by atoms with Crippen molar-refractivity contribution < 1.29 is 24.5 Å². The lowest BCUT2D eigenvalue weighted by atomic mass is 9.82. The number of aliphatic hydroxyl groups is 1. The van der Waals surface area contributed by atoms with Crippen LogP contribution in [-0.2, 0) is 14.3 Å². The molecule has 2 rings (SSSR count). The van der Waals surface area contributed by atoms with E-state index in [4.69, 9.17) is 9.84 Å². The maximum atomic E-state index is 12.4. The van der Waals surface area contributed by atoms with E-state index in [0.29, 0.717) is 31.5 Å². The van der Waals surface area contributed by atoms with E-state index in [1.54, 1.807) is 0 Å². The molecule has 0 aromatic heterocycles. The Morgan fingerprint density at radius 1 is 1.20 bits per heavy atom. The first-order valence-corrected chi connectivity index (χ1v) is 10.1. The minimum Gasteiger partial charge on any atom is -0.481 e. The number of fused-ring (bicyclic) bond motifs is 1. The van der Waals surface area contributed by atoms with Crippen LogP contribution < -0.4 is 0 Å². The zero-order chi connectivity index (χ0) is 18.3. The van der Waals surface area contributed by atoms with E-state index >= 15 is 0 Å². The maximum Gasteiger partial charge on any atom is 0.303 e. The van der Waals surface area contributed by atoms with E-state index in [-0.39, 0.29) is 24.4 Å². The summed E-state index contributed by atoms with van der Waals surface area (Å²) in [6.07, 6.45) is 10.4. The van der Waals surface area contributed by atoms with Gasteiger partial charge in [0.2, 0.25) is 0 Å². The lowest BCUT2D eigenvalue weighted by Gasteiger charge is -2.40. The summed E-state index contributed by atoms with van der Waals surface area (Å²) >= 11 is 0. The van der Waals surface area contributed by atoms with E-state index in [1.807, 2.05) is 0 Å². The molecule has 5 nitrogen and oxygen atoms in total. The lowest BCUT2D eigenvalue weighted by Crippen LogP contribution is -2.44. The Kier molecular flexibility index (Phi) is 7.88. The summed E-state index contributed by atoms with van der Waals surface area (Å²) in [5.41, 5.74) is 0. The summed E-state index contributed by atoms with van der Waals surface area (Å²) < 4.78 is 5.99. The third-order valence-corrected chi connectivity index (χ3v) is 5.88. The highest BCUT2D eigenvalue weighted by Gasteiger charge is 2.49. The predicted molar refractivity (Wildman–Crippen MR) is 95.1 cm³/mol. The number of hydrogen-bond donors (Lipinski definition) is 2. The SMILES string of the molecule is CCCCC[C@@]1(O)CC[C@H]2[C@@H](CC(=O)[C@@H]2CCCCCCC(=O)O)O1. The number of hydrogen-bond acceptors (Lipinski definition) is 4. The van der Waals surface area contributed by atoms with Crippen molar-refractivity contribution in [3.63, 3.8) is 0 Å². The molecule has 0 radical (unpaired) electrons. The number of carboxylic acids is 1. The van der Waals surface area contributed by atoms with Crippen LogP contribution in [0.3, 0.4) is 0 Å². The molecule has 0 spiro atoms. The molecule has 4 atom stereocenters. The minimum atomic E-state index is -1.03. The summed E-state index contributed by atoms with van der Waals surface area (Å²) in [4.78, 5) is 22.9. The Hall–Kier alpha value is -0.940. The van der Waals surface area contributed by atoms with Crippen LogP contribution in [0.15, 0.2) is 0 Å². The van der Waals surface area contributed by atoms with Gasteiger partial charge in [-0.25, -0.2) is 0 Å². The monoisotopic (exact) mass is 354 g/mol. The van der Waals surface area contributed by atoms with Crippen LogP contribution in [0.5, 0.6) is 0 Å². The second-order valence-corrected chi connectivity index (χ2v) is 7.89. The number of carboxylic acid groups (broad SMARTS) is 1. The van der Waals surface area contributed by atoms with Gasteiger partial charge in [-0.2, -0.15) is 0 Å². The molecular weight excluding hydrogens is 320 g/mol. The standard InChI is InChI=1S/C20H34O5/c1-2-3-8-12-20(24)13-11-16-15(17(21)14-18(16)25-20)9-6-4-5-7-10-19(22)23/h15-16,18,24H,2-14H2,1H3,(H,22,23)/t15-,16-,18-,20+/m1/s1. The predicted octanol–water partition coefficient (Wildman–Crippen LogP) is 4.06. The van der Waals surface area contributed by atoms with Crippen LogP contribution in [0.1, 0.15) is 90.4 Å². The van der Waals surface area contributed by atoms with Crippen molar-refractivity contribution >= 4 is 11.8 Å². The molecule has 2 fully saturated rings. The Morgan fingerprint density at radius 3 is 2.68 bits per heavy atom. The fourth-order valence-electron chi connectivity index (χ4n) is 4.45. The number of rotatable bonds is 11. The van der Waals surface area contributed by atoms with Crippen LogP contribution in [0.4, 0.5) is 0 Å². The molecule has 5 heteroatoms. The molecular formula is C20H34O5. The van der Waals surface area contributed by atoms with Gasteiger partial charge >= 0.3 is 5.97 Å². The van der Waals surface area contributed by atoms with E-state index in [1.165, 1.54) is 0 Å². The van der Waals surface area contributed by atoms with Crippen LogP contribution in [0, 0.1) is 11.8 Å². The van der Waals surface area contributed by atoms with Gasteiger partial charge in [-0.15, -0.1) is 0 Å². The number of unbranched alkanes of at least 4 members (excludes halogenated alkanes) is 5. The van der Waals surface area contributed by atoms with Gasteiger partial charge in [-0.05, 0) is 31.6 Å². The Bertz CT molecular complexity index is 449. The van der Waals surface area contributed by atoms with Crippen molar-refractivity contribution in [3.05, 3.63) is 0 Å². The number of carbonyl (C=O) groups is 2. The average Bonchev–Trinajstić information content (AvgIpc) is 2.85. The number of ether oxygens (including phenoxy) is 1. The minimum absolute atomic E-state index is 0.0738. The molecule has 2 N–H and O–H groups in total. The second-order valence-electron chi connectivity index (χ2n) is 7.89. The number of ketones is 1. The van der Waals surface area contributed by atoms with Gasteiger partial charge in [-0.3, -0.25) is 9.59 Å². The summed E-state index contributed by atoms with van der Waals surface area (Å²) in [5.74, 6) is -1.14. The zero-order valence-corrected chi connectivity index (χ0v) is 15.5. The molecule has 1 aliphatic carbocycles. The van der Waals surface area contributed by atoms with Crippen molar-refractivity contribution in [3.8, 4) is 0 Å².